The van der Waals surface area contributed by atoms with E-state index in [0.717, 1.165) is 10.6 Å². The van der Waals surface area contributed by atoms with Crippen molar-refractivity contribution < 1.29 is 4.74 Å². The third-order valence-corrected chi connectivity index (χ3v) is 2.30. The van der Waals surface area contributed by atoms with Crippen LogP contribution < -0.4 is 10.5 Å². The normalized spacial score (nSPS) is 9.92. The number of aromatic nitrogens is 1. The van der Waals surface area contributed by atoms with E-state index in [1.165, 1.54) is 0 Å². The summed E-state index contributed by atoms with van der Waals surface area (Å²) < 4.78 is 5.02. The lowest BCUT2D eigenvalue weighted by molar-refractivity contribution is 0.398. The van der Waals surface area contributed by atoms with Gasteiger partial charge in [-0.3, -0.25) is 0 Å². The van der Waals surface area contributed by atoms with E-state index in [-0.39, 0.29) is 0 Å². The Labute approximate surface area is 76.3 Å². The van der Waals surface area contributed by atoms with Crippen LogP contribution in [0.15, 0.2) is 11.0 Å². The third kappa shape index (κ3) is 1.64. The van der Waals surface area contributed by atoms with Crippen LogP contribution in [0, 0.1) is 6.92 Å². The molecule has 1 rings (SSSR count). The molecule has 0 aliphatic heterocycles. The summed E-state index contributed by atoms with van der Waals surface area (Å²) >= 11 is 1.59. The number of anilines is 1. The topological polar surface area (TPSA) is 48.1 Å². The summed E-state index contributed by atoms with van der Waals surface area (Å²) in [6, 6.07) is 1.95. The van der Waals surface area contributed by atoms with E-state index in [0.29, 0.717) is 11.6 Å². The third-order valence-electron chi connectivity index (χ3n) is 1.53. The number of rotatable bonds is 2. The van der Waals surface area contributed by atoms with Gasteiger partial charge in [-0.15, -0.1) is 11.8 Å². The molecule has 2 N–H and O–H groups in total. The van der Waals surface area contributed by atoms with E-state index in [9.17, 15) is 0 Å². The maximum Gasteiger partial charge on any atom is 0.238 e. The second kappa shape index (κ2) is 3.67. The number of nitrogen functional groups attached to an aromatic ring is 1. The van der Waals surface area contributed by atoms with Gasteiger partial charge in [-0.25, -0.2) is 4.98 Å². The van der Waals surface area contributed by atoms with Crippen molar-refractivity contribution in [3.63, 3.8) is 0 Å². The highest BCUT2D eigenvalue weighted by molar-refractivity contribution is 7.98. The summed E-state index contributed by atoms with van der Waals surface area (Å²) in [5.41, 5.74) is 7.31. The molecular formula is C8H12N2OS. The van der Waals surface area contributed by atoms with Crippen molar-refractivity contribution in [2.75, 3.05) is 19.1 Å². The Balaban J connectivity index is 3.22. The van der Waals surface area contributed by atoms with Crippen LogP contribution in [-0.4, -0.2) is 18.3 Å². The number of hydrogen-bond donors (Lipinski definition) is 1. The zero-order valence-corrected chi connectivity index (χ0v) is 8.23. The molecule has 4 heteroatoms. The molecule has 0 radical (unpaired) electrons. The fourth-order valence-corrected chi connectivity index (χ4v) is 1.55. The number of thioether (sulfide) groups is 1. The molecule has 0 bridgehead atoms. The van der Waals surface area contributed by atoms with Gasteiger partial charge in [0.05, 0.1) is 7.11 Å². The van der Waals surface area contributed by atoms with Gasteiger partial charge >= 0.3 is 0 Å². The Bertz CT molecular complexity index is 263. The number of aryl methyl sites for hydroxylation is 1. The van der Waals surface area contributed by atoms with Crippen LogP contribution in [0.3, 0.4) is 0 Å². The number of methoxy groups -OCH3 is 1. The lowest BCUT2D eigenvalue weighted by atomic mass is 10.3. The molecule has 1 aromatic heterocycles. The van der Waals surface area contributed by atoms with Gasteiger partial charge in [-0.1, -0.05) is 0 Å². The number of nitrogens with two attached hydrogens (primary N) is 1. The summed E-state index contributed by atoms with van der Waals surface area (Å²) in [4.78, 5) is 5.15. The fraction of sp³-hybridized carbons (Fsp3) is 0.375. The van der Waals surface area contributed by atoms with Gasteiger partial charge in [0.2, 0.25) is 5.88 Å². The highest BCUT2D eigenvalue weighted by atomic mass is 32.2. The first-order valence-corrected chi connectivity index (χ1v) is 4.76. The zero-order chi connectivity index (χ0) is 9.14. The number of ether oxygens (including phenoxy) is 1. The quantitative estimate of drug-likeness (QED) is 0.711. The van der Waals surface area contributed by atoms with Crippen molar-refractivity contribution in [1.29, 1.82) is 0 Å². The average molecular weight is 184 g/mol. The Kier molecular flexibility index (Phi) is 2.81. The van der Waals surface area contributed by atoms with Crippen molar-refractivity contribution in [3.8, 4) is 5.88 Å². The molecule has 0 fully saturated rings. The largest absolute Gasteiger partial charge is 0.479 e. The first kappa shape index (κ1) is 9.19. The van der Waals surface area contributed by atoms with E-state index in [1.807, 2.05) is 19.2 Å². The molecule has 0 saturated carbocycles. The predicted octanol–water partition coefficient (Wildman–Crippen LogP) is 1.70. The van der Waals surface area contributed by atoms with E-state index in [4.69, 9.17) is 10.5 Å². The smallest absolute Gasteiger partial charge is 0.238 e. The molecule has 3 nitrogen and oxygen atoms in total. The Morgan fingerprint density at radius 2 is 2.25 bits per heavy atom. The highest BCUT2D eigenvalue weighted by Gasteiger charge is 2.06. The van der Waals surface area contributed by atoms with Gasteiger partial charge in [0, 0.05) is 10.6 Å². The Morgan fingerprint density at radius 1 is 1.58 bits per heavy atom. The van der Waals surface area contributed by atoms with Crippen LogP contribution in [0.5, 0.6) is 5.88 Å². The summed E-state index contributed by atoms with van der Waals surface area (Å²) in [6.45, 7) is 1.92. The maximum absolute atomic E-state index is 5.76. The average Bonchev–Trinajstić information content (AvgIpc) is 2.08. The minimum Gasteiger partial charge on any atom is -0.479 e. The van der Waals surface area contributed by atoms with Crippen LogP contribution in [0.4, 0.5) is 5.69 Å². The van der Waals surface area contributed by atoms with Gasteiger partial charge in [-0.05, 0) is 19.2 Å². The first-order chi connectivity index (χ1) is 5.69. The number of nitrogens with zero attached hydrogens (tertiary/aromatic N) is 1. The summed E-state index contributed by atoms with van der Waals surface area (Å²) in [7, 11) is 1.57. The molecule has 0 amide bonds. The van der Waals surface area contributed by atoms with Gasteiger partial charge < -0.3 is 10.5 Å². The standard InChI is InChI=1S/C8H12N2OS/c1-5-4-6(12-3)7(9)8(10-5)11-2/h4H,9H2,1-3H3. The molecule has 0 unspecified atom stereocenters. The molecule has 0 spiro atoms. The minimum absolute atomic E-state index is 0.513. The second-order valence-electron chi connectivity index (χ2n) is 2.39. The maximum atomic E-state index is 5.76. The number of hydrogen-bond acceptors (Lipinski definition) is 4. The second-order valence-corrected chi connectivity index (χ2v) is 3.24. The summed E-state index contributed by atoms with van der Waals surface area (Å²) in [6.07, 6.45) is 1.98. The van der Waals surface area contributed by atoms with Crippen molar-refractivity contribution in [3.05, 3.63) is 11.8 Å². The molecule has 1 heterocycles. The Hall–Kier alpha value is -0.900. The van der Waals surface area contributed by atoms with Crippen molar-refractivity contribution in [2.45, 2.75) is 11.8 Å². The zero-order valence-electron chi connectivity index (χ0n) is 7.42. The van der Waals surface area contributed by atoms with Gasteiger partial charge in [0.15, 0.2) is 0 Å². The molecule has 66 valence electrons. The minimum atomic E-state index is 0.513. The van der Waals surface area contributed by atoms with E-state index < -0.39 is 0 Å². The molecule has 0 aromatic carbocycles. The molecule has 0 saturated heterocycles. The van der Waals surface area contributed by atoms with E-state index in [2.05, 4.69) is 4.98 Å². The van der Waals surface area contributed by atoms with Crippen LogP contribution in [-0.2, 0) is 0 Å². The Morgan fingerprint density at radius 3 is 2.75 bits per heavy atom. The summed E-state index contributed by atoms with van der Waals surface area (Å²) in [5.74, 6) is 0.513. The van der Waals surface area contributed by atoms with E-state index in [1.54, 1.807) is 18.9 Å². The van der Waals surface area contributed by atoms with Crippen LogP contribution in [0.25, 0.3) is 0 Å². The van der Waals surface area contributed by atoms with Gasteiger partial charge in [0.25, 0.3) is 0 Å². The SMILES string of the molecule is COc1nc(C)cc(SC)c1N. The summed E-state index contributed by atoms with van der Waals surface area (Å²) in [5, 5.41) is 0. The van der Waals surface area contributed by atoms with Gasteiger partial charge in [-0.2, -0.15) is 0 Å². The first-order valence-electron chi connectivity index (χ1n) is 3.54. The molecule has 12 heavy (non-hydrogen) atoms. The van der Waals surface area contributed by atoms with Crippen molar-refractivity contribution >= 4 is 17.4 Å². The van der Waals surface area contributed by atoms with Crippen LogP contribution >= 0.6 is 11.8 Å². The lowest BCUT2D eigenvalue weighted by Crippen LogP contribution is -1.98. The molecule has 0 aliphatic carbocycles. The lowest BCUT2D eigenvalue weighted by Gasteiger charge is -2.07. The molecule has 0 atom stereocenters. The van der Waals surface area contributed by atoms with Crippen molar-refractivity contribution in [1.82, 2.24) is 4.98 Å². The van der Waals surface area contributed by atoms with Crippen LogP contribution in [0.2, 0.25) is 0 Å². The van der Waals surface area contributed by atoms with Gasteiger partial charge in [0.1, 0.15) is 5.69 Å². The molecule has 1 aromatic rings. The molecule has 0 aliphatic rings. The highest BCUT2D eigenvalue weighted by Crippen LogP contribution is 2.30. The fourth-order valence-electron chi connectivity index (χ4n) is 0.950. The predicted molar refractivity (Wildman–Crippen MR) is 51.7 cm³/mol. The van der Waals surface area contributed by atoms with Crippen LogP contribution in [0.1, 0.15) is 5.69 Å². The number of pyridine rings is 1. The monoisotopic (exact) mass is 184 g/mol. The van der Waals surface area contributed by atoms with E-state index >= 15 is 0 Å². The molecular weight excluding hydrogens is 172 g/mol. The van der Waals surface area contributed by atoms with Crippen molar-refractivity contribution in [2.24, 2.45) is 0 Å².